The van der Waals surface area contributed by atoms with Crippen LogP contribution in [0, 0.1) is 5.92 Å². The van der Waals surface area contributed by atoms with E-state index in [1.165, 1.54) is 19.5 Å². The van der Waals surface area contributed by atoms with Crippen LogP contribution in [0.4, 0.5) is 0 Å². The summed E-state index contributed by atoms with van der Waals surface area (Å²) in [6, 6.07) is 7.22. The predicted molar refractivity (Wildman–Crippen MR) is 83.4 cm³/mol. The van der Waals surface area contributed by atoms with Crippen molar-refractivity contribution < 1.29 is 0 Å². The van der Waals surface area contributed by atoms with Crippen LogP contribution in [0.3, 0.4) is 0 Å². The molecule has 1 aliphatic rings. The molecule has 2 aromatic heterocycles. The molecule has 5 nitrogen and oxygen atoms in total. The van der Waals surface area contributed by atoms with Crippen LogP contribution >= 0.6 is 0 Å². The monoisotopic (exact) mass is 286 g/mol. The molecule has 0 saturated carbocycles. The topological polar surface area (TPSA) is 49.6 Å². The minimum atomic E-state index is -0.0181. The van der Waals surface area contributed by atoms with Crippen LogP contribution in [0.5, 0.6) is 0 Å². The quantitative estimate of drug-likeness (QED) is 0.895. The van der Waals surface area contributed by atoms with Crippen LogP contribution in [0.1, 0.15) is 19.0 Å². The van der Waals surface area contributed by atoms with Gasteiger partial charge in [0.1, 0.15) is 5.65 Å². The molecule has 21 heavy (non-hydrogen) atoms. The van der Waals surface area contributed by atoms with Crippen LogP contribution in [-0.2, 0) is 6.54 Å². The van der Waals surface area contributed by atoms with E-state index in [0.717, 1.165) is 18.8 Å². The van der Waals surface area contributed by atoms with Gasteiger partial charge < -0.3 is 10.2 Å². The van der Waals surface area contributed by atoms with Gasteiger partial charge in [0.2, 0.25) is 0 Å². The Bertz CT molecular complexity index is 667. The van der Waals surface area contributed by atoms with E-state index in [9.17, 15) is 4.79 Å². The highest BCUT2D eigenvalue weighted by Gasteiger charge is 2.20. The number of likely N-dealkylation sites (tertiary alicyclic amines) is 1. The minimum Gasteiger partial charge on any atom is -0.311 e. The van der Waals surface area contributed by atoms with Crippen LogP contribution in [0.15, 0.2) is 35.3 Å². The number of aromatic nitrogens is 2. The van der Waals surface area contributed by atoms with Crippen molar-refractivity contribution in [2.24, 2.45) is 5.92 Å². The Morgan fingerprint density at radius 2 is 2.33 bits per heavy atom. The smallest absolute Gasteiger partial charge is 0.258 e. The highest BCUT2D eigenvalue weighted by Crippen LogP contribution is 2.14. The Morgan fingerprint density at radius 1 is 1.43 bits per heavy atom. The number of nitrogens with zero attached hydrogens (tertiary/aromatic N) is 3. The first-order chi connectivity index (χ1) is 10.3. The van der Waals surface area contributed by atoms with Gasteiger partial charge in [-0.2, -0.15) is 0 Å². The zero-order valence-corrected chi connectivity index (χ0v) is 12.5. The average Bonchev–Trinajstić information content (AvgIpc) is 2.95. The minimum absolute atomic E-state index is 0.0181. The Labute approximate surface area is 124 Å². The first-order valence-corrected chi connectivity index (χ1v) is 7.66. The molecule has 1 fully saturated rings. The number of pyridine rings is 1. The molecule has 1 unspecified atom stereocenters. The van der Waals surface area contributed by atoms with E-state index in [2.05, 4.69) is 22.1 Å². The van der Waals surface area contributed by atoms with E-state index in [1.54, 1.807) is 16.7 Å². The van der Waals surface area contributed by atoms with Crippen molar-refractivity contribution in [2.75, 3.05) is 26.2 Å². The Morgan fingerprint density at radius 3 is 3.14 bits per heavy atom. The van der Waals surface area contributed by atoms with Gasteiger partial charge in [0.15, 0.2) is 0 Å². The van der Waals surface area contributed by atoms with Gasteiger partial charge in [-0.05, 0) is 44.1 Å². The first kappa shape index (κ1) is 14.2. The second kappa shape index (κ2) is 6.37. The van der Waals surface area contributed by atoms with Gasteiger partial charge >= 0.3 is 0 Å². The molecule has 0 spiro atoms. The van der Waals surface area contributed by atoms with Gasteiger partial charge in [-0.15, -0.1) is 0 Å². The molecule has 1 N–H and O–H groups in total. The molecular weight excluding hydrogens is 264 g/mol. The predicted octanol–water partition coefficient (Wildman–Crippen LogP) is 1.13. The summed E-state index contributed by atoms with van der Waals surface area (Å²) in [5, 5.41) is 3.44. The van der Waals surface area contributed by atoms with Crippen molar-refractivity contribution in [2.45, 2.75) is 19.9 Å². The van der Waals surface area contributed by atoms with E-state index >= 15 is 0 Å². The normalized spacial score (nSPS) is 19.4. The maximum atomic E-state index is 12.0. The summed E-state index contributed by atoms with van der Waals surface area (Å²) in [5.74, 6) is 0.714. The molecule has 1 saturated heterocycles. The summed E-state index contributed by atoms with van der Waals surface area (Å²) >= 11 is 0. The third-order valence-electron chi connectivity index (χ3n) is 4.18. The number of nitrogens with one attached hydrogen (secondary N) is 1. The summed E-state index contributed by atoms with van der Waals surface area (Å²) in [5.41, 5.74) is 1.51. The molecule has 3 rings (SSSR count). The molecule has 3 heterocycles. The summed E-state index contributed by atoms with van der Waals surface area (Å²) in [7, 11) is 0. The van der Waals surface area contributed by atoms with Crippen LogP contribution in [-0.4, -0.2) is 40.5 Å². The van der Waals surface area contributed by atoms with Crippen LogP contribution in [0.25, 0.3) is 5.65 Å². The van der Waals surface area contributed by atoms with Gasteiger partial charge in [-0.25, -0.2) is 4.98 Å². The first-order valence-electron chi connectivity index (χ1n) is 7.66. The lowest BCUT2D eigenvalue weighted by atomic mass is 10.1. The fraction of sp³-hybridized carbons (Fsp3) is 0.500. The van der Waals surface area contributed by atoms with E-state index in [4.69, 9.17) is 0 Å². The van der Waals surface area contributed by atoms with Crippen LogP contribution in [0.2, 0.25) is 0 Å². The maximum absolute atomic E-state index is 12.0. The second-order valence-corrected chi connectivity index (χ2v) is 5.69. The molecule has 0 radical (unpaired) electrons. The van der Waals surface area contributed by atoms with Crippen molar-refractivity contribution in [1.82, 2.24) is 19.6 Å². The molecule has 0 bridgehead atoms. The van der Waals surface area contributed by atoms with E-state index in [1.807, 2.05) is 18.2 Å². The summed E-state index contributed by atoms with van der Waals surface area (Å²) in [6.07, 6.45) is 3.01. The fourth-order valence-corrected chi connectivity index (χ4v) is 2.96. The van der Waals surface area contributed by atoms with Crippen molar-refractivity contribution >= 4 is 5.65 Å². The van der Waals surface area contributed by atoms with Crippen LogP contribution < -0.4 is 10.9 Å². The van der Waals surface area contributed by atoms with Gasteiger partial charge in [0.25, 0.3) is 5.56 Å². The largest absolute Gasteiger partial charge is 0.311 e. The SMILES string of the molecule is CCN1CCC(CNCc2cc(=O)n3ccccc3n2)C1. The molecule has 112 valence electrons. The lowest BCUT2D eigenvalue weighted by molar-refractivity contribution is 0.338. The second-order valence-electron chi connectivity index (χ2n) is 5.69. The Hall–Kier alpha value is -1.72. The standard InChI is InChI=1S/C16H22N4O/c1-2-19-8-6-13(12-19)10-17-11-14-9-16(21)20-7-4-3-5-15(20)18-14/h3-5,7,9,13,17H,2,6,8,10-12H2,1H3. The Kier molecular flexibility index (Phi) is 4.31. The molecule has 5 heteroatoms. The summed E-state index contributed by atoms with van der Waals surface area (Å²) in [4.78, 5) is 19.0. The number of hydrogen-bond donors (Lipinski definition) is 1. The number of rotatable bonds is 5. The highest BCUT2D eigenvalue weighted by atomic mass is 16.1. The van der Waals surface area contributed by atoms with Crippen molar-refractivity contribution in [1.29, 1.82) is 0 Å². The van der Waals surface area contributed by atoms with Gasteiger partial charge in [-0.3, -0.25) is 9.20 Å². The molecule has 1 aliphatic heterocycles. The lowest BCUT2D eigenvalue weighted by Gasteiger charge is -2.13. The molecular formula is C16H22N4O. The summed E-state index contributed by atoms with van der Waals surface area (Å²) in [6.45, 7) is 7.38. The van der Waals surface area contributed by atoms with Crippen molar-refractivity contribution in [3.05, 3.63) is 46.5 Å². The molecule has 1 atom stereocenters. The maximum Gasteiger partial charge on any atom is 0.258 e. The fourth-order valence-electron chi connectivity index (χ4n) is 2.96. The van der Waals surface area contributed by atoms with Gasteiger partial charge in [0.05, 0.1) is 5.69 Å². The average molecular weight is 286 g/mol. The highest BCUT2D eigenvalue weighted by molar-refractivity contribution is 5.37. The third kappa shape index (κ3) is 3.31. The van der Waals surface area contributed by atoms with E-state index in [0.29, 0.717) is 18.1 Å². The van der Waals surface area contributed by atoms with E-state index < -0.39 is 0 Å². The van der Waals surface area contributed by atoms with Gasteiger partial charge in [-0.1, -0.05) is 13.0 Å². The lowest BCUT2D eigenvalue weighted by Crippen LogP contribution is -2.27. The molecule has 0 aliphatic carbocycles. The number of hydrogen-bond acceptors (Lipinski definition) is 4. The van der Waals surface area contributed by atoms with Crippen molar-refractivity contribution in [3.63, 3.8) is 0 Å². The van der Waals surface area contributed by atoms with Crippen molar-refractivity contribution in [3.8, 4) is 0 Å². The molecule has 0 amide bonds. The summed E-state index contributed by atoms with van der Waals surface area (Å²) < 4.78 is 1.57. The van der Waals surface area contributed by atoms with E-state index in [-0.39, 0.29) is 5.56 Å². The molecule has 2 aromatic rings. The zero-order valence-electron chi connectivity index (χ0n) is 12.5. The Balaban J connectivity index is 1.60. The van der Waals surface area contributed by atoms with Gasteiger partial charge in [0, 0.05) is 25.4 Å². The third-order valence-corrected chi connectivity index (χ3v) is 4.18. The zero-order chi connectivity index (χ0) is 14.7. The number of fused-ring (bicyclic) bond motifs is 1. The molecule has 0 aromatic carbocycles.